The van der Waals surface area contributed by atoms with Crippen LogP contribution in [0, 0.1) is 11.3 Å². The molecule has 0 spiro atoms. The van der Waals surface area contributed by atoms with E-state index in [2.05, 4.69) is 12.2 Å². The van der Waals surface area contributed by atoms with E-state index >= 15 is 0 Å². The Morgan fingerprint density at radius 1 is 0.946 bits per heavy atom. The van der Waals surface area contributed by atoms with Crippen LogP contribution in [0.3, 0.4) is 0 Å². The number of nitrogens with two attached hydrogens (primary N) is 2. The number of methoxy groups -OCH3 is 1. The number of unbranched alkanes of at least 4 members (excludes halogenated alkanes) is 1. The Morgan fingerprint density at radius 2 is 1.65 bits per heavy atom. The molecule has 0 aromatic heterocycles. The highest BCUT2D eigenvalue weighted by molar-refractivity contribution is 5.96. The third-order valence-corrected chi connectivity index (χ3v) is 6.51. The van der Waals surface area contributed by atoms with Gasteiger partial charge in [-0.05, 0) is 59.4 Å². The summed E-state index contributed by atoms with van der Waals surface area (Å²) in [6.07, 6.45) is 2.77. The van der Waals surface area contributed by atoms with Gasteiger partial charge in [0.25, 0.3) is 5.91 Å². The van der Waals surface area contributed by atoms with Crippen molar-refractivity contribution in [2.24, 2.45) is 17.4 Å². The Labute approximate surface area is 218 Å². The van der Waals surface area contributed by atoms with Crippen molar-refractivity contribution in [3.8, 4) is 11.1 Å². The van der Waals surface area contributed by atoms with E-state index in [0.717, 1.165) is 35.1 Å². The van der Waals surface area contributed by atoms with Crippen molar-refractivity contribution < 1.29 is 14.3 Å². The Balaban J connectivity index is 1.82. The van der Waals surface area contributed by atoms with Gasteiger partial charge in [0.1, 0.15) is 5.84 Å². The number of nitrogens with one attached hydrogen (secondary N) is 2. The fourth-order valence-electron chi connectivity index (χ4n) is 4.40. The standard InChI is InChI=1S/C30H36N4O3/c1-3-4-11-27(26(30(36)37-2)18-20-7-5-10-25(16-20)28(32)33)34-29(35)23-14-12-22(13-15-23)24-9-6-8-21(17-24)19-31/h5-10,12-17,26-27H,3-4,11,18-19,31H2,1-2H3,(H3,32,33)(H,34,35). The molecule has 7 heteroatoms. The fraction of sp³-hybridized carbons (Fsp3) is 0.300. The van der Waals surface area contributed by atoms with E-state index < -0.39 is 12.0 Å². The van der Waals surface area contributed by atoms with Crippen molar-refractivity contribution in [3.05, 3.63) is 95.1 Å². The van der Waals surface area contributed by atoms with Gasteiger partial charge in [0.05, 0.1) is 13.0 Å². The first-order chi connectivity index (χ1) is 17.9. The lowest BCUT2D eigenvalue weighted by atomic mass is 9.88. The summed E-state index contributed by atoms with van der Waals surface area (Å²) in [5, 5.41) is 10.8. The highest BCUT2D eigenvalue weighted by atomic mass is 16.5. The molecule has 3 aromatic carbocycles. The van der Waals surface area contributed by atoms with Crippen LogP contribution in [0.15, 0.2) is 72.8 Å². The van der Waals surface area contributed by atoms with Crippen LogP contribution in [0.5, 0.6) is 0 Å². The molecular weight excluding hydrogens is 464 g/mol. The van der Waals surface area contributed by atoms with Crippen LogP contribution in [-0.2, 0) is 22.5 Å². The van der Waals surface area contributed by atoms with E-state index in [1.54, 1.807) is 24.3 Å². The topological polar surface area (TPSA) is 131 Å². The summed E-state index contributed by atoms with van der Waals surface area (Å²) in [7, 11) is 1.36. The first-order valence-corrected chi connectivity index (χ1v) is 12.6. The number of benzene rings is 3. The number of nitrogen functional groups attached to an aromatic ring is 1. The maximum absolute atomic E-state index is 13.3. The maximum Gasteiger partial charge on any atom is 0.311 e. The zero-order valence-corrected chi connectivity index (χ0v) is 21.5. The number of amides is 1. The minimum absolute atomic E-state index is 0.0366. The molecule has 0 saturated heterocycles. The predicted octanol–water partition coefficient (Wildman–Crippen LogP) is 4.42. The van der Waals surface area contributed by atoms with Gasteiger partial charge in [-0.2, -0.15) is 0 Å². The first kappa shape index (κ1) is 27.6. The van der Waals surface area contributed by atoms with E-state index in [-0.39, 0.29) is 17.7 Å². The van der Waals surface area contributed by atoms with Crippen LogP contribution < -0.4 is 16.8 Å². The molecule has 0 aliphatic carbocycles. The smallest absolute Gasteiger partial charge is 0.311 e. The number of ether oxygens (including phenoxy) is 1. The number of carbonyl (C=O) groups excluding carboxylic acids is 2. The number of amidine groups is 1. The van der Waals surface area contributed by atoms with E-state index in [0.29, 0.717) is 30.5 Å². The number of hydrogen-bond donors (Lipinski definition) is 4. The molecule has 0 bridgehead atoms. The largest absolute Gasteiger partial charge is 0.469 e. The summed E-state index contributed by atoms with van der Waals surface area (Å²) in [5.41, 5.74) is 16.4. The van der Waals surface area contributed by atoms with Crippen LogP contribution >= 0.6 is 0 Å². The average molecular weight is 501 g/mol. The van der Waals surface area contributed by atoms with Crippen molar-refractivity contribution in [2.75, 3.05) is 7.11 Å². The molecule has 37 heavy (non-hydrogen) atoms. The molecule has 3 aromatic rings. The molecule has 7 nitrogen and oxygen atoms in total. The monoisotopic (exact) mass is 500 g/mol. The van der Waals surface area contributed by atoms with Gasteiger partial charge in [0.15, 0.2) is 0 Å². The van der Waals surface area contributed by atoms with Crippen molar-refractivity contribution >= 4 is 17.7 Å². The van der Waals surface area contributed by atoms with Gasteiger partial charge in [-0.25, -0.2) is 0 Å². The van der Waals surface area contributed by atoms with Crippen LogP contribution in [0.25, 0.3) is 11.1 Å². The maximum atomic E-state index is 13.3. The summed E-state index contributed by atoms with van der Waals surface area (Å²) < 4.78 is 5.13. The molecule has 2 unspecified atom stereocenters. The van der Waals surface area contributed by atoms with Gasteiger partial charge in [-0.3, -0.25) is 15.0 Å². The van der Waals surface area contributed by atoms with Crippen LogP contribution in [0.2, 0.25) is 0 Å². The summed E-state index contributed by atoms with van der Waals surface area (Å²) in [4.78, 5) is 26.1. The Hall–Kier alpha value is -3.97. The van der Waals surface area contributed by atoms with E-state index in [1.807, 2.05) is 48.5 Å². The molecule has 0 saturated carbocycles. The molecule has 3 rings (SSSR count). The summed E-state index contributed by atoms with van der Waals surface area (Å²) >= 11 is 0. The molecule has 6 N–H and O–H groups in total. The second kappa shape index (κ2) is 13.4. The molecule has 2 atom stereocenters. The zero-order chi connectivity index (χ0) is 26.8. The molecule has 0 radical (unpaired) electrons. The van der Waals surface area contributed by atoms with Crippen molar-refractivity contribution in [1.82, 2.24) is 5.32 Å². The number of hydrogen-bond acceptors (Lipinski definition) is 5. The molecule has 0 aliphatic heterocycles. The minimum Gasteiger partial charge on any atom is -0.469 e. The Bertz CT molecular complexity index is 1220. The highest BCUT2D eigenvalue weighted by Gasteiger charge is 2.31. The van der Waals surface area contributed by atoms with E-state index in [4.69, 9.17) is 21.6 Å². The van der Waals surface area contributed by atoms with Crippen molar-refractivity contribution in [3.63, 3.8) is 0 Å². The predicted molar refractivity (Wildman–Crippen MR) is 147 cm³/mol. The number of carbonyl (C=O) groups is 2. The molecular formula is C30H36N4O3. The highest BCUT2D eigenvalue weighted by Crippen LogP contribution is 2.23. The normalized spacial score (nSPS) is 12.4. The third-order valence-electron chi connectivity index (χ3n) is 6.51. The lowest BCUT2D eigenvalue weighted by molar-refractivity contribution is -0.146. The van der Waals surface area contributed by atoms with Gasteiger partial charge in [-0.1, -0.05) is 68.3 Å². The lowest BCUT2D eigenvalue weighted by Gasteiger charge is -2.27. The lowest BCUT2D eigenvalue weighted by Crippen LogP contribution is -2.44. The van der Waals surface area contributed by atoms with Gasteiger partial charge < -0.3 is 21.5 Å². The second-order valence-corrected chi connectivity index (χ2v) is 9.15. The molecule has 0 heterocycles. The minimum atomic E-state index is -0.582. The third kappa shape index (κ3) is 7.51. The van der Waals surface area contributed by atoms with Crippen LogP contribution in [-0.4, -0.2) is 30.9 Å². The zero-order valence-electron chi connectivity index (χ0n) is 21.5. The van der Waals surface area contributed by atoms with E-state index in [1.165, 1.54) is 7.11 Å². The Morgan fingerprint density at radius 3 is 2.30 bits per heavy atom. The first-order valence-electron chi connectivity index (χ1n) is 12.6. The summed E-state index contributed by atoms with van der Waals surface area (Å²) in [5.74, 6) is -1.24. The molecule has 194 valence electrons. The van der Waals surface area contributed by atoms with Crippen LogP contribution in [0.4, 0.5) is 0 Å². The van der Waals surface area contributed by atoms with Crippen molar-refractivity contribution in [1.29, 1.82) is 5.41 Å². The molecule has 0 aliphatic rings. The van der Waals surface area contributed by atoms with Crippen LogP contribution in [0.1, 0.15) is 53.2 Å². The van der Waals surface area contributed by atoms with Gasteiger partial charge in [0.2, 0.25) is 0 Å². The average Bonchev–Trinajstić information content (AvgIpc) is 2.93. The van der Waals surface area contributed by atoms with Gasteiger partial charge in [-0.15, -0.1) is 0 Å². The van der Waals surface area contributed by atoms with Gasteiger partial charge in [0, 0.05) is 23.7 Å². The van der Waals surface area contributed by atoms with E-state index in [9.17, 15) is 9.59 Å². The second-order valence-electron chi connectivity index (χ2n) is 9.15. The van der Waals surface area contributed by atoms with Gasteiger partial charge >= 0.3 is 5.97 Å². The molecule has 1 amide bonds. The SMILES string of the molecule is CCCCC(NC(=O)c1ccc(-c2cccc(CN)c2)cc1)C(Cc1cccc(C(=N)N)c1)C(=O)OC. The fourth-order valence-corrected chi connectivity index (χ4v) is 4.40. The van der Waals surface area contributed by atoms with Crippen molar-refractivity contribution in [2.45, 2.75) is 45.2 Å². The molecule has 0 fully saturated rings. The quantitative estimate of drug-likeness (QED) is 0.166. The number of rotatable bonds is 12. The number of esters is 1. The Kier molecular flexibility index (Phi) is 9.98. The summed E-state index contributed by atoms with van der Waals surface area (Å²) in [6, 6.07) is 22.3. The summed E-state index contributed by atoms with van der Waals surface area (Å²) in [6.45, 7) is 2.54.